The highest BCUT2D eigenvalue weighted by Crippen LogP contribution is 2.25. The number of carbonyl (C=O) groups is 2. The fourth-order valence-electron chi connectivity index (χ4n) is 2.68. The molecule has 0 aliphatic carbocycles. The first-order valence-corrected chi connectivity index (χ1v) is 8.13. The van der Waals surface area contributed by atoms with Gasteiger partial charge in [0, 0.05) is 37.7 Å². The molecular formula is C15H18N4O2S. The van der Waals surface area contributed by atoms with Gasteiger partial charge in [-0.1, -0.05) is 0 Å². The first-order valence-electron chi connectivity index (χ1n) is 7.19. The van der Waals surface area contributed by atoms with Crippen LogP contribution in [0.15, 0.2) is 23.0 Å². The van der Waals surface area contributed by atoms with Crippen LogP contribution in [0.3, 0.4) is 0 Å². The second-order valence-corrected chi connectivity index (χ2v) is 6.27. The van der Waals surface area contributed by atoms with Crippen LogP contribution in [0.2, 0.25) is 0 Å². The normalized spacial score (nSPS) is 17.7. The molecule has 0 aromatic carbocycles. The fraction of sp³-hybridized carbons (Fsp3) is 0.400. The highest BCUT2D eigenvalue weighted by molar-refractivity contribution is 7.08. The molecule has 1 saturated heterocycles. The van der Waals surface area contributed by atoms with E-state index >= 15 is 0 Å². The predicted octanol–water partition coefficient (Wildman–Crippen LogP) is 2.30. The van der Waals surface area contributed by atoms with E-state index < -0.39 is 0 Å². The number of aryl methyl sites for hydroxylation is 1. The largest absolute Gasteiger partial charge is 0.336 e. The topological polar surface area (TPSA) is 67.2 Å². The van der Waals surface area contributed by atoms with Crippen molar-refractivity contribution in [3.63, 3.8) is 0 Å². The zero-order chi connectivity index (χ0) is 15.7. The van der Waals surface area contributed by atoms with Crippen LogP contribution in [0.1, 0.15) is 35.3 Å². The molecule has 1 atom stereocenters. The summed E-state index contributed by atoms with van der Waals surface area (Å²) in [5.41, 5.74) is 1.83. The van der Waals surface area contributed by atoms with Crippen molar-refractivity contribution in [2.45, 2.75) is 26.3 Å². The smallest absolute Gasteiger partial charge is 0.255 e. The van der Waals surface area contributed by atoms with Crippen molar-refractivity contribution < 1.29 is 9.59 Å². The van der Waals surface area contributed by atoms with Gasteiger partial charge >= 0.3 is 0 Å². The van der Waals surface area contributed by atoms with Crippen molar-refractivity contribution in [3.8, 4) is 0 Å². The number of carbonyl (C=O) groups excluding carboxylic acids is 2. The van der Waals surface area contributed by atoms with E-state index in [0.717, 1.165) is 24.1 Å². The van der Waals surface area contributed by atoms with Gasteiger partial charge in [-0.05, 0) is 24.3 Å². The maximum atomic E-state index is 12.5. The van der Waals surface area contributed by atoms with Gasteiger partial charge in [-0.15, -0.1) is 0 Å². The van der Waals surface area contributed by atoms with Gasteiger partial charge in [-0.2, -0.15) is 16.4 Å². The summed E-state index contributed by atoms with van der Waals surface area (Å²) < 4.78 is 1.83. The average Bonchev–Trinajstić information content (AvgIpc) is 3.16. The fourth-order valence-corrected chi connectivity index (χ4v) is 3.50. The third kappa shape index (κ3) is 2.89. The van der Waals surface area contributed by atoms with E-state index in [1.807, 2.05) is 33.5 Å². The Hall–Kier alpha value is -2.15. The molecule has 0 radical (unpaired) electrons. The van der Waals surface area contributed by atoms with Gasteiger partial charge in [0.1, 0.15) is 0 Å². The lowest BCUT2D eigenvalue weighted by Crippen LogP contribution is -2.29. The van der Waals surface area contributed by atoms with Crippen molar-refractivity contribution in [2.75, 3.05) is 18.4 Å². The zero-order valence-corrected chi connectivity index (χ0v) is 13.4. The first kappa shape index (κ1) is 14.8. The molecule has 7 heteroatoms. The summed E-state index contributed by atoms with van der Waals surface area (Å²) in [6.07, 6.45) is 2.72. The van der Waals surface area contributed by atoms with Gasteiger partial charge in [0.05, 0.1) is 11.6 Å². The van der Waals surface area contributed by atoms with Crippen molar-refractivity contribution in [2.24, 2.45) is 0 Å². The van der Waals surface area contributed by atoms with Gasteiger partial charge in [0.15, 0.2) is 5.82 Å². The second-order valence-electron chi connectivity index (χ2n) is 5.52. The Kier molecular flexibility index (Phi) is 3.98. The maximum Gasteiger partial charge on any atom is 0.255 e. The van der Waals surface area contributed by atoms with Gasteiger partial charge in [-0.25, -0.2) is 0 Å². The van der Waals surface area contributed by atoms with Crippen LogP contribution in [-0.2, 0) is 4.79 Å². The number of likely N-dealkylation sites (tertiary alicyclic amines) is 1. The molecular weight excluding hydrogens is 300 g/mol. The van der Waals surface area contributed by atoms with Crippen molar-refractivity contribution in [3.05, 3.63) is 34.2 Å². The van der Waals surface area contributed by atoms with E-state index in [9.17, 15) is 9.59 Å². The van der Waals surface area contributed by atoms with Crippen LogP contribution < -0.4 is 5.32 Å². The summed E-state index contributed by atoms with van der Waals surface area (Å²) >= 11 is 1.55. The Morgan fingerprint density at radius 1 is 1.41 bits per heavy atom. The van der Waals surface area contributed by atoms with E-state index in [4.69, 9.17) is 0 Å². The standard InChI is InChI=1S/C15H18N4O2S/c1-10-8-22-9-13(10)15(21)18-5-3-12(7-18)19-6-4-14(17-19)16-11(2)20/h4,6,8-9,12H,3,5,7H2,1-2H3,(H,16,17,20)/t12-/m1/s1. The van der Waals surface area contributed by atoms with E-state index in [2.05, 4.69) is 10.4 Å². The molecule has 1 fully saturated rings. The number of hydrogen-bond donors (Lipinski definition) is 1. The van der Waals surface area contributed by atoms with Crippen LogP contribution in [0.5, 0.6) is 0 Å². The van der Waals surface area contributed by atoms with Crippen LogP contribution in [-0.4, -0.2) is 39.6 Å². The molecule has 0 bridgehead atoms. The van der Waals surface area contributed by atoms with Gasteiger partial charge in [-0.3, -0.25) is 14.3 Å². The zero-order valence-electron chi connectivity index (χ0n) is 12.6. The predicted molar refractivity (Wildman–Crippen MR) is 85.1 cm³/mol. The Morgan fingerprint density at radius 2 is 2.23 bits per heavy atom. The maximum absolute atomic E-state index is 12.5. The Morgan fingerprint density at radius 3 is 2.91 bits per heavy atom. The van der Waals surface area contributed by atoms with Crippen LogP contribution in [0.25, 0.3) is 0 Å². The molecule has 3 rings (SSSR count). The van der Waals surface area contributed by atoms with Gasteiger partial charge < -0.3 is 10.2 Å². The van der Waals surface area contributed by atoms with E-state index in [1.54, 1.807) is 17.4 Å². The summed E-state index contributed by atoms with van der Waals surface area (Å²) in [5, 5.41) is 10.9. The van der Waals surface area contributed by atoms with Crippen LogP contribution in [0, 0.1) is 6.92 Å². The lowest BCUT2D eigenvalue weighted by atomic mass is 10.2. The van der Waals surface area contributed by atoms with Crippen molar-refractivity contribution in [1.82, 2.24) is 14.7 Å². The Labute approximate surface area is 132 Å². The monoisotopic (exact) mass is 318 g/mol. The highest BCUT2D eigenvalue weighted by atomic mass is 32.1. The van der Waals surface area contributed by atoms with E-state index in [-0.39, 0.29) is 17.9 Å². The minimum Gasteiger partial charge on any atom is -0.336 e. The van der Waals surface area contributed by atoms with Crippen molar-refractivity contribution in [1.29, 1.82) is 0 Å². The quantitative estimate of drug-likeness (QED) is 0.944. The summed E-state index contributed by atoms with van der Waals surface area (Å²) in [4.78, 5) is 25.4. The SMILES string of the molecule is CC(=O)Nc1ccn([C@@H]2CCN(C(=O)c3cscc3C)C2)n1. The average molecular weight is 318 g/mol. The minimum atomic E-state index is -0.138. The number of amides is 2. The third-order valence-electron chi connectivity index (χ3n) is 3.82. The molecule has 0 unspecified atom stereocenters. The molecule has 2 aromatic heterocycles. The Bertz CT molecular complexity index is 706. The highest BCUT2D eigenvalue weighted by Gasteiger charge is 2.29. The molecule has 22 heavy (non-hydrogen) atoms. The minimum absolute atomic E-state index is 0.0930. The molecule has 0 saturated carbocycles. The number of rotatable bonds is 3. The first-order chi connectivity index (χ1) is 10.5. The van der Waals surface area contributed by atoms with Crippen molar-refractivity contribution >= 4 is 29.0 Å². The van der Waals surface area contributed by atoms with Gasteiger partial charge in [0.25, 0.3) is 5.91 Å². The van der Waals surface area contributed by atoms with Crippen LogP contribution >= 0.6 is 11.3 Å². The summed E-state index contributed by atoms with van der Waals surface area (Å²) in [6, 6.07) is 1.93. The molecule has 2 aromatic rings. The second kappa shape index (κ2) is 5.92. The number of hydrogen-bond acceptors (Lipinski definition) is 4. The van der Waals surface area contributed by atoms with Gasteiger partial charge in [0.2, 0.25) is 5.91 Å². The number of anilines is 1. The molecule has 1 aliphatic rings. The molecule has 1 N–H and O–H groups in total. The Balaban J connectivity index is 1.67. The lowest BCUT2D eigenvalue weighted by Gasteiger charge is -2.16. The molecule has 0 spiro atoms. The number of aromatic nitrogens is 2. The summed E-state index contributed by atoms with van der Waals surface area (Å²) in [5.74, 6) is 0.503. The molecule has 1 aliphatic heterocycles. The molecule has 116 valence electrons. The molecule has 2 amide bonds. The third-order valence-corrected chi connectivity index (χ3v) is 4.68. The summed E-state index contributed by atoms with van der Waals surface area (Å²) in [7, 11) is 0. The number of nitrogens with zero attached hydrogens (tertiary/aromatic N) is 3. The van der Waals surface area contributed by atoms with E-state index in [0.29, 0.717) is 12.4 Å². The van der Waals surface area contributed by atoms with E-state index in [1.165, 1.54) is 6.92 Å². The van der Waals surface area contributed by atoms with Crippen LogP contribution in [0.4, 0.5) is 5.82 Å². The number of thiophene rings is 1. The molecule has 6 nitrogen and oxygen atoms in total. The molecule has 3 heterocycles. The summed E-state index contributed by atoms with van der Waals surface area (Å²) in [6.45, 7) is 4.80. The lowest BCUT2D eigenvalue weighted by molar-refractivity contribution is -0.114. The number of nitrogens with one attached hydrogen (secondary N) is 1.